The van der Waals surface area contributed by atoms with E-state index in [0.29, 0.717) is 29.0 Å². The Morgan fingerprint density at radius 1 is 1.19 bits per heavy atom. The van der Waals surface area contributed by atoms with Crippen LogP contribution in [0.4, 0.5) is 0 Å². The number of benzene rings is 2. The SMILES string of the molecule is CC(NC(N)=NCCc1ccc(S(N)(=O)=O)cc1)c1ccc(Cl)cc1Cl.I. The number of aliphatic imine (C=N–C) groups is 1. The largest absolute Gasteiger partial charge is 0.370 e. The molecule has 0 bridgehead atoms. The number of nitrogens with zero attached hydrogens (tertiary/aromatic N) is 1. The van der Waals surface area contributed by atoms with Gasteiger partial charge in [0.1, 0.15) is 0 Å². The molecule has 0 aromatic heterocycles. The van der Waals surface area contributed by atoms with Crippen molar-refractivity contribution in [2.45, 2.75) is 24.3 Å². The summed E-state index contributed by atoms with van der Waals surface area (Å²) in [6, 6.07) is 11.5. The predicted octanol–water partition coefficient (Wildman–Crippen LogP) is 3.47. The van der Waals surface area contributed by atoms with Crippen LogP contribution >= 0.6 is 47.2 Å². The van der Waals surface area contributed by atoms with Gasteiger partial charge in [-0.2, -0.15) is 0 Å². The first-order valence-corrected chi connectivity index (χ1v) is 10.1. The van der Waals surface area contributed by atoms with Crippen LogP contribution in [0.25, 0.3) is 0 Å². The average Bonchev–Trinajstić information content (AvgIpc) is 2.54. The van der Waals surface area contributed by atoms with Crippen molar-refractivity contribution in [2.24, 2.45) is 15.9 Å². The van der Waals surface area contributed by atoms with E-state index >= 15 is 0 Å². The van der Waals surface area contributed by atoms with Gasteiger partial charge in [-0.05, 0) is 48.7 Å². The molecule has 0 heterocycles. The number of sulfonamides is 1. The second-order valence-corrected chi connectivity index (χ2v) is 8.14. The highest BCUT2D eigenvalue weighted by atomic mass is 127. The van der Waals surface area contributed by atoms with E-state index < -0.39 is 10.0 Å². The number of hydrogen-bond acceptors (Lipinski definition) is 3. The van der Waals surface area contributed by atoms with Gasteiger partial charge in [-0.25, -0.2) is 13.6 Å². The number of guanidine groups is 1. The second kappa shape index (κ2) is 10.5. The van der Waals surface area contributed by atoms with Crippen LogP contribution < -0.4 is 16.2 Å². The van der Waals surface area contributed by atoms with E-state index in [1.54, 1.807) is 24.3 Å². The topological polar surface area (TPSA) is 111 Å². The van der Waals surface area contributed by atoms with E-state index in [1.165, 1.54) is 12.1 Å². The molecule has 0 aliphatic heterocycles. The summed E-state index contributed by atoms with van der Waals surface area (Å²) in [6.07, 6.45) is 0.614. The molecule has 148 valence electrons. The first-order valence-electron chi connectivity index (χ1n) is 7.80. The average molecular weight is 543 g/mol. The van der Waals surface area contributed by atoms with E-state index in [9.17, 15) is 8.42 Å². The summed E-state index contributed by atoms with van der Waals surface area (Å²) >= 11 is 12.1. The third kappa shape index (κ3) is 7.46. The summed E-state index contributed by atoms with van der Waals surface area (Å²) in [5.74, 6) is 0.296. The Morgan fingerprint density at radius 2 is 1.81 bits per heavy atom. The molecule has 2 rings (SSSR count). The number of rotatable bonds is 6. The summed E-state index contributed by atoms with van der Waals surface area (Å²) < 4.78 is 22.4. The normalized spacial score (nSPS) is 13.0. The van der Waals surface area contributed by atoms with Gasteiger partial charge in [-0.3, -0.25) is 4.99 Å². The summed E-state index contributed by atoms with van der Waals surface area (Å²) in [5, 5.41) is 9.27. The smallest absolute Gasteiger partial charge is 0.238 e. The summed E-state index contributed by atoms with van der Waals surface area (Å²) in [7, 11) is -3.68. The number of halogens is 3. The summed E-state index contributed by atoms with van der Waals surface area (Å²) in [6.45, 7) is 2.37. The van der Waals surface area contributed by atoms with Gasteiger partial charge in [0.2, 0.25) is 10.0 Å². The molecule has 0 amide bonds. The van der Waals surface area contributed by atoms with E-state index in [0.717, 1.165) is 11.1 Å². The second-order valence-electron chi connectivity index (χ2n) is 5.74. The fraction of sp³-hybridized carbons (Fsp3) is 0.235. The molecule has 0 fully saturated rings. The molecule has 2 aromatic carbocycles. The van der Waals surface area contributed by atoms with Crippen molar-refractivity contribution in [2.75, 3.05) is 6.54 Å². The lowest BCUT2D eigenvalue weighted by Crippen LogP contribution is -2.34. The van der Waals surface area contributed by atoms with Gasteiger partial charge in [-0.15, -0.1) is 24.0 Å². The Morgan fingerprint density at radius 3 is 2.37 bits per heavy atom. The van der Waals surface area contributed by atoms with Crippen LogP contribution in [0, 0.1) is 0 Å². The van der Waals surface area contributed by atoms with Crippen molar-refractivity contribution in [1.82, 2.24) is 5.32 Å². The fourth-order valence-corrected chi connectivity index (χ4v) is 3.44. The van der Waals surface area contributed by atoms with Crippen LogP contribution in [0.2, 0.25) is 10.0 Å². The van der Waals surface area contributed by atoms with Gasteiger partial charge >= 0.3 is 0 Å². The highest BCUT2D eigenvalue weighted by Crippen LogP contribution is 2.25. The minimum absolute atomic E-state index is 0. The highest BCUT2D eigenvalue weighted by molar-refractivity contribution is 14.0. The van der Waals surface area contributed by atoms with Crippen molar-refractivity contribution >= 4 is 63.2 Å². The van der Waals surface area contributed by atoms with Crippen molar-refractivity contribution in [3.8, 4) is 0 Å². The zero-order chi connectivity index (χ0) is 19.3. The molecule has 2 aromatic rings. The minimum atomic E-state index is -3.68. The lowest BCUT2D eigenvalue weighted by Gasteiger charge is -2.16. The molecule has 27 heavy (non-hydrogen) atoms. The molecule has 0 spiro atoms. The third-order valence-electron chi connectivity index (χ3n) is 3.73. The van der Waals surface area contributed by atoms with Crippen LogP contribution in [0.15, 0.2) is 52.4 Å². The molecule has 6 nitrogen and oxygen atoms in total. The van der Waals surface area contributed by atoms with Gasteiger partial charge in [-0.1, -0.05) is 41.4 Å². The van der Waals surface area contributed by atoms with Gasteiger partial charge in [0.15, 0.2) is 5.96 Å². The Bertz CT molecular complexity index is 906. The number of primary sulfonamides is 1. The number of hydrogen-bond donors (Lipinski definition) is 3. The Labute approximate surface area is 186 Å². The van der Waals surface area contributed by atoms with Crippen molar-refractivity contribution in [3.63, 3.8) is 0 Å². The first-order chi connectivity index (χ1) is 12.2. The molecule has 5 N–H and O–H groups in total. The van der Waals surface area contributed by atoms with Crippen molar-refractivity contribution in [3.05, 3.63) is 63.6 Å². The van der Waals surface area contributed by atoms with E-state index in [4.69, 9.17) is 34.1 Å². The number of nitrogens with two attached hydrogens (primary N) is 2. The molecule has 0 saturated carbocycles. The lowest BCUT2D eigenvalue weighted by atomic mass is 10.1. The molecule has 1 atom stereocenters. The maximum atomic E-state index is 11.2. The van der Waals surface area contributed by atoms with Crippen LogP contribution in [0.5, 0.6) is 0 Å². The van der Waals surface area contributed by atoms with E-state index in [1.807, 2.05) is 13.0 Å². The van der Waals surface area contributed by atoms with Gasteiger partial charge in [0, 0.05) is 16.6 Å². The molecule has 0 aliphatic rings. The maximum absolute atomic E-state index is 11.2. The van der Waals surface area contributed by atoms with E-state index in [-0.39, 0.29) is 34.9 Å². The fourth-order valence-electron chi connectivity index (χ4n) is 2.35. The van der Waals surface area contributed by atoms with Crippen LogP contribution in [0.1, 0.15) is 24.1 Å². The molecule has 1 unspecified atom stereocenters. The molecular formula is C17H21Cl2IN4O2S. The van der Waals surface area contributed by atoms with E-state index in [2.05, 4.69) is 10.3 Å². The molecule has 0 radical (unpaired) electrons. The summed E-state index contributed by atoms with van der Waals surface area (Å²) in [4.78, 5) is 4.36. The van der Waals surface area contributed by atoms with Crippen molar-refractivity contribution in [1.29, 1.82) is 0 Å². The van der Waals surface area contributed by atoms with Crippen LogP contribution in [-0.4, -0.2) is 20.9 Å². The molecule has 10 heteroatoms. The van der Waals surface area contributed by atoms with Gasteiger partial charge < -0.3 is 11.1 Å². The lowest BCUT2D eigenvalue weighted by molar-refractivity contribution is 0.598. The number of nitrogens with one attached hydrogen (secondary N) is 1. The van der Waals surface area contributed by atoms with Crippen molar-refractivity contribution < 1.29 is 8.42 Å². The highest BCUT2D eigenvalue weighted by Gasteiger charge is 2.10. The first kappa shape index (κ1) is 24.0. The van der Waals surface area contributed by atoms with Crippen LogP contribution in [0.3, 0.4) is 0 Å². The maximum Gasteiger partial charge on any atom is 0.238 e. The standard InChI is InChI=1S/C17H20Cl2N4O2S.HI/c1-11(15-7-4-13(18)10-16(15)19)23-17(20)22-9-8-12-2-5-14(6-3-12)26(21,24)25;/h2-7,10-11H,8-9H2,1H3,(H3,20,22,23)(H2,21,24,25);1H. The minimum Gasteiger partial charge on any atom is -0.370 e. The zero-order valence-electron chi connectivity index (χ0n) is 14.5. The van der Waals surface area contributed by atoms with Gasteiger partial charge in [0.25, 0.3) is 0 Å². The quantitative estimate of drug-likeness (QED) is 0.295. The third-order valence-corrected chi connectivity index (χ3v) is 5.22. The Kier molecular flexibility index (Phi) is 9.29. The zero-order valence-corrected chi connectivity index (χ0v) is 19.2. The van der Waals surface area contributed by atoms with Gasteiger partial charge in [0.05, 0.1) is 10.9 Å². The Balaban J connectivity index is 0.00000364. The molecule has 0 aliphatic carbocycles. The molecule has 0 saturated heterocycles. The Hall–Kier alpha value is -1.07. The van der Waals surface area contributed by atoms with Crippen LogP contribution in [-0.2, 0) is 16.4 Å². The monoisotopic (exact) mass is 542 g/mol. The molecular weight excluding hydrogens is 522 g/mol. The summed E-state index contributed by atoms with van der Waals surface area (Å²) in [5.41, 5.74) is 7.71. The predicted molar refractivity (Wildman–Crippen MR) is 121 cm³/mol.